The average molecular weight is 655 g/mol. The van der Waals surface area contributed by atoms with Gasteiger partial charge in [-0.15, -0.1) is 28.2 Å². The minimum Gasteiger partial charge on any atom is -0.477 e. The molecule has 4 heterocycles. The molecule has 2 amide bonds. The van der Waals surface area contributed by atoms with E-state index in [1.807, 2.05) is 0 Å². The number of nitrogens with two attached hydrogens (primary N) is 1. The number of anilines is 1. The molecule has 43 heavy (non-hydrogen) atoms. The maximum atomic E-state index is 13.0. The molecule has 2 aromatic rings. The summed E-state index contributed by atoms with van der Waals surface area (Å²) >= 11 is 3.28. The van der Waals surface area contributed by atoms with Gasteiger partial charge in [-0.3, -0.25) is 24.1 Å². The molecule has 0 unspecified atom stereocenters. The van der Waals surface area contributed by atoms with Crippen LogP contribution in [0.5, 0.6) is 5.88 Å². The topological polar surface area (TPSA) is 242 Å². The number of nitrogens with zero attached hydrogens (tertiary/aromatic N) is 6. The molecule has 2 aliphatic heterocycles. The molecule has 1 fully saturated rings. The van der Waals surface area contributed by atoms with E-state index in [0.29, 0.717) is 5.57 Å². The molecule has 2 atom stereocenters. The van der Waals surface area contributed by atoms with Gasteiger partial charge in [-0.1, -0.05) is 16.9 Å². The van der Waals surface area contributed by atoms with E-state index in [9.17, 15) is 34.3 Å². The number of carbonyl (C=O) groups excluding carboxylic acids is 3. The number of aryl methyl sites for hydroxylation is 1. The number of nitrogens with one attached hydrogen (secondary N) is 1. The smallest absolute Gasteiger partial charge is 0.352 e. The lowest BCUT2D eigenvalue weighted by molar-refractivity contribution is -0.160. The Morgan fingerprint density at radius 3 is 2.60 bits per heavy atom. The zero-order valence-electron chi connectivity index (χ0n) is 23.1. The molecule has 230 valence electrons. The average Bonchev–Trinajstić information content (AvgIpc) is 3.37. The number of amides is 2. The van der Waals surface area contributed by atoms with E-state index in [0.717, 1.165) is 28.0 Å². The monoisotopic (exact) mass is 654 g/mol. The zero-order valence-corrected chi connectivity index (χ0v) is 25.5. The van der Waals surface area contributed by atoms with Crippen molar-refractivity contribution in [2.75, 3.05) is 24.0 Å². The second-order valence-corrected chi connectivity index (χ2v) is 12.9. The number of ether oxygens (including phenoxy) is 2. The van der Waals surface area contributed by atoms with Crippen LogP contribution in [-0.4, -0.2) is 94.1 Å². The van der Waals surface area contributed by atoms with Crippen LogP contribution < -0.4 is 21.3 Å². The molecule has 0 radical (unpaired) electrons. The van der Waals surface area contributed by atoms with E-state index in [2.05, 4.69) is 25.5 Å². The number of carboxylic acids is 1. The van der Waals surface area contributed by atoms with E-state index in [1.54, 1.807) is 20.8 Å². The van der Waals surface area contributed by atoms with Crippen molar-refractivity contribution < 1.29 is 39.0 Å². The highest BCUT2D eigenvalue weighted by Crippen LogP contribution is 2.41. The van der Waals surface area contributed by atoms with Gasteiger partial charge in [0.05, 0.1) is 5.41 Å². The number of carboxylic acid groups (broad SMARTS) is 1. The Labute approximate surface area is 255 Å². The third kappa shape index (κ3) is 6.75. The number of aliphatic carboxylic acids is 1. The van der Waals surface area contributed by atoms with Gasteiger partial charge < -0.3 is 30.8 Å². The number of aromatic nitrogens is 4. The summed E-state index contributed by atoms with van der Waals surface area (Å²) in [5, 5.41) is 29.7. The van der Waals surface area contributed by atoms with Gasteiger partial charge in [0.15, 0.2) is 16.0 Å². The fraction of sp³-hybridized carbons (Fsp3) is 0.435. The van der Waals surface area contributed by atoms with Gasteiger partial charge in [-0.05, 0) is 26.3 Å². The van der Waals surface area contributed by atoms with Gasteiger partial charge in [0.25, 0.3) is 11.8 Å². The Morgan fingerprint density at radius 1 is 1.28 bits per heavy atom. The van der Waals surface area contributed by atoms with Crippen LogP contribution >= 0.6 is 34.9 Å². The second kappa shape index (κ2) is 12.6. The highest BCUT2D eigenvalue weighted by molar-refractivity contribution is 8.01. The third-order valence-electron chi connectivity index (χ3n) is 5.89. The van der Waals surface area contributed by atoms with Crippen LogP contribution in [0.3, 0.4) is 0 Å². The maximum absolute atomic E-state index is 13.0. The van der Waals surface area contributed by atoms with Crippen LogP contribution in [0.25, 0.3) is 0 Å². The summed E-state index contributed by atoms with van der Waals surface area (Å²) in [6, 6.07) is -1.07. The quantitative estimate of drug-likeness (QED) is 0.0495. The molecule has 0 saturated carbocycles. The molecule has 2 aliphatic rings. The standard InChI is InChI=1S/C23H26N8O9S3/c1-23(2,3)20(37)40-8-39-16-15(33)27-22(30(4)28-16)43-6-9-5-41-18-12(17(34)31(18)13(9)19(35)36)26-14(32)11(29-38)10-7-42-21(24)25-10/h7,12,18,38H,5-6,8H2,1-4H3,(H2,24,25)(H,26,32)(H,35,36)/t12-,18-/m1/s1. The van der Waals surface area contributed by atoms with Crippen LogP contribution in [0.15, 0.2) is 31.8 Å². The van der Waals surface area contributed by atoms with Crippen molar-refractivity contribution >= 4 is 69.5 Å². The number of hydrogen-bond donors (Lipinski definition) is 4. The summed E-state index contributed by atoms with van der Waals surface area (Å²) in [6.45, 7) is 4.46. The van der Waals surface area contributed by atoms with Crippen molar-refractivity contribution in [3.8, 4) is 5.88 Å². The number of hydrogen-bond acceptors (Lipinski definition) is 16. The molecular formula is C23H26N8O9S3. The Bertz CT molecular complexity index is 1600. The number of fused-ring (bicyclic) bond motifs is 1. The van der Waals surface area contributed by atoms with Crippen molar-refractivity contribution in [2.24, 2.45) is 17.6 Å². The number of oxime groups is 1. The molecule has 1 saturated heterocycles. The Balaban J connectivity index is 1.42. The van der Waals surface area contributed by atoms with Gasteiger partial charge >= 0.3 is 23.4 Å². The fourth-order valence-electron chi connectivity index (χ4n) is 3.77. The summed E-state index contributed by atoms with van der Waals surface area (Å²) in [4.78, 5) is 71.1. The van der Waals surface area contributed by atoms with Gasteiger partial charge in [0.2, 0.25) is 6.79 Å². The Morgan fingerprint density at radius 2 is 2.00 bits per heavy atom. The summed E-state index contributed by atoms with van der Waals surface area (Å²) in [5.74, 6) is -3.56. The normalized spacial score (nSPS) is 18.6. The molecule has 0 aliphatic carbocycles. The Kier molecular flexibility index (Phi) is 9.30. The van der Waals surface area contributed by atoms with Crippen LogP contribution in [0.1, 0.15) is 26.5 Å². The van der Waals surface area contributed by atoms with Crippen LogP contribution in [0.2, 0.25) is 0 Å². The van der Waals surface area contributed by atoms with E-state index < -0.39 is 58.6 Å². The van der Waals surface area contributed by atoms with Crippen molar-refractivity contribution in [1.29, 1.82) is 0 Å². The summed E-state index contributed by atoms with van der Waals surface area (Å²) in [5.41, 5.74) is 3.71. The number of esters is 1. The van der Waals surface area contributed by atoms with Crippen molar-refractivity contribution in [2.45, 2.75) is 37.3 Å². The molecular weight excluding hydrogens is 629 g/mol. The van der Waals surface area contributed by atoms with E-state index >= 15 is 0 Å². The van der Waals surface area contributed by atoms with Crippen LogP contribution in [0, 0.1) is 5.41 Å². The van der Waals surface area contributed by atoms with E-state index in [1.165, 1.54) is 28.9 Å². The number of rotatable bonds is 10. The van der Waals surface area contributed by atoms with Crippen LogP contribution in [-0.2, 0) is 31.0 Å². The van der Waals surface area contributed by atoms with E-state index in [4.69, 9.17) is 15.2 Å². The molecule has 0 aromatic carbocycles. The van der Waals surface area contributed by atoms with Crippen LogP contribution in [0.4, 0.5) is 5.13 Å². The highest BCUT2D eigenvalue weighted by atomic mass is 32.2. The first-order valence-corrected chi connectivity index (χ1v) is 15.2. The van der Waals surface area contributed by atoms with E-state index in [-0.39, 0.29) is 39.1 Å². The SMILES string of the molecule is Cn1nc(OCOC(=O)C(C)(C)C)c(=O)nc1SCC1=C(C(=O)O)N2C(=O)[C@@H](NC(=O)C(=NO)c3csc(N)n3)[C@H]2SC1. The largest absolute Gasteiger partial charge is 0.477 e. The number of carbonyl (C=O) groups is 4. The molecule has 5 N–H and O–H groups in total. The first-order valence-electron chi connectivity index (χ1n) is 12.2. The molecule has 4 rings (SSSR count). The first-order chi connectivity index (χ1) is 20.2. The molecule has 17 nitrogen and oxygen atoms in total. The third-order valence-corrected chi connectivity index (χ3v) is 9.01. The first kappa shape index (κ1) is 31.8. The lowest BCUT2D eigenvalue weighted by atomic mass is 9.98. The molecule has 2 aromatic heterocycles. The lowest BCUT2D eigenvalue weighted by Gasteiger charge is -2.49. The van der Waals surface area contributed by atoms with Crippen molar-refractivity contribution in [3.05, 3.63) is 32.7 Å². The predicted octanol–water partition coefficient (Wildman–Crippen LogP) is -0.151. The van der Waals surface area contributed by atoms with Gasteiger partial charge in [-0.25, -0.2) is 14.5 Å². The van der Waals surface area contributed by atoms with Crippen molar-refractivity contribution in [3.63, 3.8) is 0 Å². The van der Waals surface area contributed by atoms with Gasteiger partial charge in [0, 0.05) is 23.9 Å². The van der Waals surface area contributed by atoms with Gasteiger partial charge in [0.1, 0.15) is 22.8 Å². The molecule has 0 spiro atoms. The minimum atomic E-state index is -1.34. The zero-order chi connectivity index (χ0) is 31.6. The fourth-order valence-corrected chi connectivity index (χ4v) is 6.71. The number of β-lactam (4-membered cyclic amide) rings is 1. The Hall–Kier alpha value is -4.17. The number of thiazole rings is 1. The highest BCUT2D eigenvalue weighted by Gasteiger charge is 2.54. The molecule has 20 heteroatoms. The maximum Gasteiger partial charge on any atom is 0.352 e. The number of thioether (sulfide) groups is 2. The summed E-state index contributed by atoms with van der Waals surface area (Å²) in [7, 11) is 1.50. The van der Waals surface area contributed by atoms with Gasteiger partial charge in [-0.2, -0.15) is 4.98 Å². The minimum absolute atomic E-state index is 0.0222. The van der Waals surface area contributed by atoms with Crippen molar-refractivity contribution in [1.82, 2.24) is 30.0 Å². The lowest BCUT2D eigenvalue weighted by Crippen LogP contribution is -2.71. The number of nitrogen functional groups attached to an aromatic ring is 1. The summed E-state index contributed by atoms with van der Waals surface area (Å²) in [6.07, 6.45) is 0. The molecule has 0 bridgehead atoms. The second-order valence-electron chi connectivity index (χ2n) is 10.00. The predicted molar refractivity (Wildman–Crippen MR) is 154 cm³/mol. The summed E-state index contributed by atoms with van der Waals surface area (Å²) < 4.78 is 11.4.